The maximum Gasteiger partial charge on any atom is 0.416 e. The maximum atomic E-state index is 12.7. The molecule has 0 fully saturated rings. The Morgan fingerprint density at radius 2 is 1.93 bits per heavy atom. The van der Waals surface area contributed by atoms with Gasteiger partial charge < -0.3 is 10.6 Å². The average molecular weight is 432 g/mol. The van der Waals surface area contributed by atoms with E-state index < -0.39 is 11.7 Å². The average Bonchev–Trinajstić information content (AvgIpc) is 3.35. The van der Waals surface area contributed by atoms with Crippen LogP contribution in [0.4, 0.5) is 24.0 Å². The summed E-state index contributed by atoms with van der Waals surface area (Å²) in [7, 11) is 0. The first-order valence-electron chi connectivity index (χ1n) is 8.80. The van der Waals surface area contributed by atoms with E-state index in [2.05, 4.69) is 25.7 Å². The zero-order chi connectivity index (χ0) is 21.3. The van der Waals surface area contributed by atoms with Crippen LogP contribution in [0.15, 0.2) is 55.1 Å². The molecule has 7 nitrogen and oxygen atoms in total. The number of anilines is 2. The standard InChI is InChI=1S/C19H15F3N6OS/c1-11(26-17(29)14-9-25-28-8-2-7-23-16(14)28)15-10-24-18(30-15)27-13-5-3-12(4-6-13)19(20,21)22/h2-11H,1H3,(H,24,27)(H,26,29). The van der Waals surface area contributed by atoms with Crippen molar-refractivity contribution in [2.75, 3.05) is 5.32 Å². The third-order valence-electron chi connectivity index (χ3n) is 4.29. The molecule has 1 atom stereocenters. The summed E-state index contributed by atoms with van der Waals surface area (Å²) >= 11 is 1.29. The van der Waals surface area contributed by atoms with Crippen LogP contribution in [-0.2, 0) is 6.18 Å². The van der Waals surface area contributed by atoms with Gasteiger partial charge in [-0.05, 0) is 37.3 Å². The summed E-state index contributed by atoms with van der Waals surface area (Å²) in [5.74, 6) is -0.318. The summed E-state index contributed by atoms with van der Waals surface area (Å²) < 4.78 is 39.5. The van der Waals surface area contributed by atoms with Crippen LogP contribution in [0.3, 0.4) is 0 Å². The summed E-state index contributed by atoms with van der Waals surface area (Å²) in [6.45, 7) is 1.81. The largest absolute Gasteiger partial charge is 0.416 e. The van der Waals surface area contributed by atoms with Crippen molar-refractivity contribution in [2.45, 2.75) is 19.1 Å². The van der Waals surface area contributed by atoms with Crippen LogP contribution in [0, 0.1) is 0 Å². The minimum atomic E-state index is -4.38. The molecule has 0 aliphatic heterocycles. The monoisotopic (exact) mass is 432 g/mol. The van der Waals surface area contributed by atoms with E-state index in [0.717, 1.165) is 17.0 Å². The van der Waals surface area contributed by atoms with Gasteiger partial charge >= 0.3 is 6.18 Å². The number of rotatable bonds is 5. The lowest BCUT2D eigenvalue weighted by Crippen LogP contribution is -2.26. The molecule has 1 unspecified atom stereocenters. The Morgan fingerprint density at radius 1 is 1.17 bits per heavy atom. The molecule has 1 aromatic carbocycles. The van der Waals surface area contributed by atoms with E-state index in [9.17, 15) is 18.0 Å². The van der Waals surface area contributed by atoms with E-state index >= 15 is 0 Å². The highest BCUT2D eigenvalue weighted by Gasteiger charge is 2.30. The molecule has 1 amide bonds. The molecule has 0 saturated carbocycles. The lowest BCUT2D eigenvalue weighted by Gasteiger charge is -2.11. The van der Waals surface area contributed by atoms with Crippen LogP contribution < -0.4 is 10.6 Å². The number of halogens is 3. The van der Waals surface area contributed by atoms with Crippen molar-refractivity contribution < 1.29 is 18.0 Å². The second-order valence-corrected chi connectivity index (χ2v) is 7.47. The number of nitrogens with one attached hydrogen (secondary N) is 2. The quantitative estimate of drug-likeness (QED) is 0.487. The van der Waals surface area contributed by atoms with Crippen molar-refractivity contribution in [3.05, 3.63) is 71.1 Å². The molecular formula is C19H15F3N6OS. The van der Waals surface area contributed by atoms with Gasteiger partial charge in [-0.25, -0.2) is 14.5 Å². The second kappa shape index (κ2) is 7.75. The van der Waals surface area contributed by atoms with Gasteiger partial charge in [0.1, 0.15) is 5.56 Å². The zero-order valence-corrected chi connectivity index (χ0v) is 16.3. The van der Waals surface area contributed by atoms with Gasteiger partial charge in [-0.1, -0.05) is 11.3 Å². The fourth-order valence-corrected chi connectivity index (χ4v) is 3.58. The number of hydrogen-bond acceptors (Lipinski definition) is 6. The van der Waals surface area contributed by atoms with Gasteiger partial charge in [0.2, 0.25) is 0 Å². The number of hydrogen-bond donors (Lipinski definition) is 2. The van der Waals surface area contributed by atoms with Gasteiger partial charge in [0, 0.05) is 29.2 Å². The number of fused-ring (bicyclic) bond motifs is 1. The van der Waals surface area contributed by atoms with E-state index in [-0.39, 0.29) is 11.9 Å². The molecule has 0 radical (unpaired) electrons. The van der Waals surface area contributed by atoms with Crippen molar-refractivity contribution in [1.29, 1.82) is 0 Å². The highest BCUT2D eigenvalue weighted by atomic mass is 32.1. The van der Waals surface area contributed by atoms with E-state index in [4.69, 9.17) is 0 Å². The number of carbonyl (C=O) groups is 1. The number of carbonyl (C=O) groups excluding carboxylic acids is 1. The number of thiazole rings is 1. The van der Waals surface area contributed by atoms with E-state index in [1.54, 1.807) is 24.7 Å². The molecule has 0 aliphatic carbocycles. The summed E-state index contributed by atoms with van der Waals surface area (Å²) in [4.78, 5) is 21.8. The second-order valence-electron chi connectivity index (χ2n) is 6.41. The summed E-state index contributed by atoms with van der Waals surface area (Å²) in [6.07, 6.45) is 1.96. The van der Waals surface area contributed by atoms with Crippen molar-refractivity contribution >= 4 is 33.7 Å². The van der Waals surface area contributed by atoms with Crippen molar-refractivity contribution in [3.63, 3.8) is 0 Å². The summed E-state index contributed by atoms with van der Waals surface area (Å²) in [6, 6.07) is 6.07. The molecule has 0 aliphatic rings. The first-order valence-corrected chi connectivity index (χ1v) is 9.62. The van der Waals surface area contributed by atoms with Crippen LogP contribution in [0.5, 0.6) is 0 Å². The third kappa shape index (κ3) is 4.10. The smallest absolute Gasteiger partial charge is 0.344 e. The van der Waals surface area contributed by atoms with E-state index in [0.29, 0.717) is 22.0 Å². The lowest BCUT2D eigenvalue weighted by molar-refractivity contribution is -0.137. The van der Waals surface area contributed by atoms with Crippen LogP contribution >= 0.6 is 11.3 Å². The Balaban J connectivity index is 1.42. The SMILES string of the molecule is CC(NC(=O)c1cnn2cccnc12)c1cnc(Nc2ccc(C(F)(F)F)cc2)s1. The van der Waals surface area contributed by atoms with Crippen LogP contribution in [-0.4, -0.2) is 25.5 Å². The molecule has 11 heteroatoms. The number of nitrogens with zero attached hydrogens (tertiary/aromatic N) is 4. The molecule has 2 N–H and O–H groups in total. The number of benzene rings is 1. The van der Waals surface area contributed by atoms with Gasteiger partial charge in [-0.2, -0.15) is 18.3 Å². The molecule has 3 aromatic heterocycles. The minimum absolute atomic E-state index is 0.318. The molecule has 154 valence electrons. The van der Waals surface area contributed by atoms with E-state index in [1.165, 1.54) is 34.2 Å². The molecule has 0 spiro atoms. The fourth-order valence-electron chi connectivity index (χ4n) is 2.74. The number of alkyl halides is 3. The van der Waals surface area contributed by atoms with Crippen molar-refractivity contribution in [2.24, 2.45) is 0 Å². The molecule has 0 saturated heterocycles. The lowest BCUT2D eigenvalue weighted by atomic mass is 10.2. The normalized spacial score (nSPS) is 12.7. The molecular weight excluding hydrogens is 417 g/mol. The van der Waals surface area contributed by atoms with Crippen LogP contribution in [0.1, 0.15) is 33.8 Å². The fraction of sp³-hybridized carbons (Fsp3) is 0.158. The van der Waals surface area contributed by atoms with Crippen LogP contribution in [0.25, 0.3) is 5.65 Å². The third-order valence-corrected chi connectivity index (χ3v) is 5.38. The Labute approximate surface area is 172 Å². The number of amides is 1. The van der Waals surface area contributed by atoms with Crippen molar-refractivity contribution in [3.8, 4) is 0 Å². The molecule has 0 bridgehead atoms. The first kappa shape index (κ1) is 19.8. The number of aromatic nitrogens is 4. The molecule has 30 heavy (non-hydrogen) atoms. The Hall–Kier alpha value is -3.47. The molecule has 4 aromatic rings. The minimum Gasteiger partial charge on any atom is -0.344 e. The Kier molecular flexibility index (Phi) is 5.12. The topological polar surface area (TPSA) is 84.2 Å². The first-order chi connectivity index (χ1) is 14.3. The highest BCUT2D eigenvalue weighted by molar-refractivity contribution is 7.15. The highest BCUT2D eigenvalue weighted by Crippen LogP contribution is 2.31. The Bertz CT molecular complexity index is 1180. The van der Waals surface area contributed by atoms with Gasteiger partial charge in [-0.15, -0.1) is 0 Å². The summed E-state index contributed by atoms with van der Waals surface area (Å²) in [5.41, 5.74) is 0.579. The van der Waals surface area contributed by atoms with E-state index in [1.807, 2.05) is 6.92 Å². The van der Waals surface area contributed by atoms with Gasteiger partial charge in [0.25, 0.3) is 5.91 Å². The predicted molar refractivity (Wildman–Crippen MR) is 106 cm³/mol. The Morgan fingerprint density at radius 3 is 2.67 bits per heavy atom. The van der Waals surface area contributed by atoms with Crippen LogP contribution in [0.2, 0.25) is 0 Å². The van der Waals surface area contributed by atoms with Gasteiger partial charge in [0.15, 0.2) is 10.8 Å². The molecule has 3 heterocycles. The molecule has 4 rings (SSSR count). The van der Waals surface area contributed by atoms with Gasteiger partial charge in [-0.3, -0.25) is 4.79 Å². The maximum absolute atomic E-state index is 12.7. The van der Waals surface area contributed by atoms with Crippen molar-refractivity contribution in [1.82, 2.24) is 24.9 Å². The van der Waals surface area contributed by atoms with Gasteiger partial charge in [0.05, 0.1) is 17.8 Å². The predicted octanol–water partition coefficient (Wildman–Crippen LogP) is 4.44. The zero-order valence-electron chi connectivity index (χ0n) is 15.5. The summed E-state index contributed by atoms with van der Waals surface area (Å²) in [5, 5.41) is 10.4.